The van der Waals surface area contributed by atoms with Gasteiger partial charge in [-0.05, 0) is 60.5 Å². The highest BCUT2D eigenvalue weighted by Gasteiger charge is 2.14. The molecule has 0 heterocycles. The van der Waals surface area contributed by atoms with Crippen molar-refractivity contribution in [1.29, 1.82) is 0 Å². The average molecular weight is 520 g/mol. The fourth-order valence-electron chi connectivity index (χ4n) is 3.76. The summed E-state index contributed by atoms with van der Waals surface area (Å²) in [6.07, 6.45) is 0.108. The van der Waals surface area contributed by atoms with E-state index < -0.39 is 9.84 Å². The second-order valence-electron chi connectivity index (χ2n) is 8.41. The first-order valence-electron chi connectivity index (χ1n) is 11.5. The molecule has 0 fully saturated rings. The number of amides is 1. The van der Waals surface area contributed by atoms with Crippen LogP contribution in [0.1, 0.15) is 18.1 Å². The van der Waals surface area contributed by atoms with Gasteiger partial charge in [0.15, 0.2) is 9.84 Å². The number of hydrogen-bond donors (Lipinski definition) is 1. The highest BCUT2D eigenvalue weighted by Crippen LogP contribution is 2.36. The van der Waals surface area contributed by atoms with Crippen LogP contribution in [0, 0.1) is 6.92 Å². The van der Waals surface area contributed by atoms with Crippen molar-refractivity contribution in [3.8, 4) is 22.6 Å². The van der Waals surface area contributed by atoms with Crippen molar-refractivity contribution in [2.75, 3.05) is 11.1 Å². The van der Waals surface area contributed by atoms with Gasteiger partial charge in [0, 0.05) is 22.3 Å². The standard InChI is InChI=1S/C29H26ClNO4S/c1-3-36(33,34)26-13-10-21(11-14-26)17-29(32)31-24-12-15-27(22-7-4-6-20(2)16-22)28(19-24)35-25-9-5-8-23(30)18-25/h4-16,18-19H,3,17H2,1-2H3,(H,31,32). The third-order valence-corrected chi connectivity index (χ3v) is 7.63. The zero-order valence-corrected chi connectivity index (χ0v) is 21.6. The second kappa shape index (κ2) is 11.0. The zero-order valence-electron chi connectivity index (χ0n) is 20.0. The van der Waals surface area contributed by atoms with Crippen molar-refractivity contribution < 1.29 is 17.9 Å². The van der Waals surface area contributed by atoms with Gasteiger partial charge in [0.05, 0.1) is 17.1 Å². The molecule has 1 N–H and O–H groups in total. The lowest BCUT2D eigenvalue weighted by molar-refractivity contribution is -0.115. The number of aryl methyl sites for hydroxylation is 1. The molecule has 4 aromatic rings. The molecule has 0 aliphatic rings. The normalized spacial score (nSPS) is 11.2. The van der Waals surface area contributed by atoms with Crippen molar-refractivity contribution in [2.45, 2.75) is 25.2 Å². The number of hydrogen-bond acceptors (Lipinski definition) is 4. The maximum atomic E-state index is 12.7. The molecule has 0 aliphatic carbocycles. The second-order valence-corrected chi connectivity index (χ2v) is 11.1. The van der Waals surface area contributed by atoms with E-state index in [2.05, 4.69) is 11.4 Å². The summed E-state index contributed by atoms with van der Waals surface area (Å²) in [4.78, 5) is 13.0. The minimum absolute atomic E-state index is 0.0327. The van der Waals surface area contributed by atoms with Crippen molar-refractivity contribution in [2.24, 2.45) is 0 Å². The number of carbonyl (C=O) groups excluding carboxylic acids is 1. The summed E-state index contributed by atoms with van der Waals surface area (Å²) in [5.74, 6) is 0.972. The third kappa shape index (κ3) is 6.33. The Labute approximate surface area is 216 Å². The zero-order chi connectivity index (χ0) is 25.7. The van der Waals surface area contributed by atoms with Gasteiger partial charge in [0.25, 0.3) is 0 Å². The van der Waals surface area contributed by atoms with Crippen LogP contribution in [0.5, 0.6) is 11.5 Å². The first-order valence-corrected chi connectivity index (χ1v) is 13.5. The van der Waals surface area contributed by atoms with E-state index in [1.165, 1.54) is 12.1 Å². The topological polar surface area (TPSA) is 72.5 Å². The van der Waals surface area contributed by atoms with Crippen LogP contribution in [0.2, 0.25) is 5.02 Å². The number of carbonyl (C=O) groups is 1. The Bertz CT molecular complexity index is 1500. The summed E-state index contributed by atoms with van der Waals surface area (Å²) in [6.45, 7) is 3.63. The smallest absolute Gasteiger partial charge is 0.228 e. The molecule has 7 heteroatoms. The number of ether oxygens (including phenoxy) is 1. The Morgan fingerprint density at radius 2 is 1.67 bits per heavy atom. The van der Waals surface area contributed by atoms with Gasteiger partial charge in [-0.1, -0.05) is 66.6 Å². The van der Waals surface area contributed by atoms with E-state index in [9.17, 15) is 13.2 Å². The SMILES string of the molecule is CCS(=O)(=O)c1ccc(CC(=O)Nc2ccc(-c3cccc(C)c3)c(Oc3cccc(Cl)c3)c2)cc1. The van der Waals surface area contributed by atoms with Crippen LogP contribution in [0.4, 0.5) is 5.69 Å². The van der Waals surface area contributed by atoms with Crippen LogP contribution in [-0.2, 0) is 21.1 Å². The molecule has 0 bridgehead atoms. The van der Waals surface area contributed by atoms with E-state index in [1.54, 1.807) is 37.3 Å². The minimum atomic E-state index is -3.28. The van der Waals surface area contributed by atoms with E-state index in [-0.39, 0.29) is 23.0 Å². The quantitative estimate of drug-likeness (QED) is 0.270. The van der Waals surface area contributed by atoms with Crippen molar-refractivity contribution in [3.63, 3.8) is 0 Å². The van der Waals surface area contributed by atoms with Gasteiger partial charge in [-0.25, -0.2) is 8.42 Å². The molecule has 0 aromatic heterocycles. The summed E-state index contributed by atoms with van der Waals surface area (Å²) in [6, 6.07) is 27.2. The lowest BCUT2D eigenvalue weighted by Gasteiger charge is -2.15. The molecular formula is C29H26ClNO4S. The lowest BCUT2D eigenvalue weighted by atomic mass is 10.0. The van der Waals surface area contributed by atoms with Crippen molar-refractivity contribution in [3.05, 3.63) is 107 Å². The summed E-state index contributed by atoms with van der Waals surface area (Å²) in [7, 11) is -3.28. The highest BCUT2D eigenvalue weighted by atomic mass is 35.5. The predicted octanol–water partition coefficient (Wildman–Crippen LogP) is 7.08. The van der Waals surface area contributed by atoms with E-state index in [1.807, 2.05) is 49.4 Å². The average Bonchev–Trinajstić information content (AvgIpc) is 2.84. The van der Waals surface area contributed by atoms with Gasteiger partial charge in [0.1, 0.15) is 11.5 Å². The highest BCUT2D eigenvalue weighted by molar-refractivity contribution is 7.91. The maximum Gasteiger partial charge on any atom is 0.228 e. The van der Waals surface area contributed by atoms with Gasteiger partial charge >= 0.3 is 0 Å². The first-order chi connectivity index (χ1) is 17.2. The first kappa shape index (κ1) is 25.5. The van der Waals surface area contributed by atoms with Crippen LogP contribution in [0.15, 0.2) is 95.9 Å². The summed E-state index contributed by atoms with van der Waals surface area (Å²) < 4.78 is 30.2. The number of halogens is 1. The van der Waals surface area contributed by atoms with Crippen LogP contribution < -0.4 is 10.1 Å². The van der Waals surface area contributed by atoms with Crippen molar-refractivity contribution >= 4 is 33.0 Å². The Morgan fingerprint density at radius 3 is 2.36 bits per heavy atom. The number of benzene rings is 4. The molecule has 0 spiro atoms. The lowest BCUT2D eigenvalue weighted by Crippen LogP contribution is -2.14. The molecule has 0 saturated carbocycles. The molecule has 1 amide bonds. The summed E-state index contributed by atoms with van der Waals surface area (Å²) in [5.41, 5.74) is 4.29. The Morgan fingerprint density at radius 1 is 0.917 bits per heavy atom. The number of rotatable bonds is 8. The monoisotopic (exact) mass is 519 g/mol. The van der Waals surface area contributed by atoms with Crippen LogP contribution in [-0.4, -0.2) is 20.1 Å². The Kier molecular flexibility index (Phi) is 7.77. The summed E-state index contributed by atoms with van der Waals surface area (Å²) in [5, 5.41) is 3.47. The fourth-order valence-corrected chi connectivity index (χ4v) is 4.83. The summed E-state index contributed by atoms with van der Waals surface area (Å²) >= 11 is 6.14. The van der Waals surface area contributed by atoms with E-state index in [0.717, 1.165) is 16.7 Å². The Hall–Kier alpha value is -3.61. The molecule has 0 radical (unpaired) electrons. The van der Waals surface area contributed by atoms with Gasteiger partial charge in [-0.3, -0.25) is 4.79 Å². The molecule has 0 unspecified atom stereocenters. The molecule has 0 atom stereocenters. The van der Waals surface area contributed by atoms with E-state index >= 15 is 0 Å². The molecule has 4 aromatic carbocycles. The molecule has 36 heavy (non-hydrogen) atoms. The fraction of sp³-hybridized carbons (Fsp3) is 0.138. The molecule has 4 rings (SSSR count). The van der Waals surface area contributed by atoms with Gasteiger partial charge < -0.3 is 10.1 Å². The van der Waals surface area contributed by atoms with Gasteiger partial charge in [0.2, 0.25) is 5.91 Å². The van der Waals surface area contributed by atoms with Gasteiger partial charge in [-0.15, -0.1) is 0 Å². The molecule has 5 nitrogen and oxygen atoms in total. The van der Waals surface area contributed by atoms with Crippen molar-refractivity contribution in [1.82, 2.24) is 0 Å². The number of anilines is 1. The number of sulfone groups is 1. The molecule has 0 aliphatic heterocycles. The molecule has 184 valence electrons. The molecular weight excluding hydrogens is 494 g/mol. The maximum absolute atomic E-state index is 12.7. The minimum Gasteiger partial charge on any atom is -0.457 e. The van der Waals surface area contributed by atoms with E-state index in [0.29, 0.717) is 27.8 Å². The van der Waals surface area contributed by atoms with Crippen LogP contribution in [0.25, 0.3) is 11.1 Å². The van der Waals surface area contributed by atoms with Crippen LogP contribution >= 0.6 is 11.6 Å². The largest absolute Gasteiger partial charge is 0.457 e. The predicted molar refractivity (Wildman–Crippen MR) is 145 cm³/mol. The number of nitrogens with one attached hydrogen (secondary N) is 1. The third-order valence-electron chi connectivity index (χ3n) is 5.65. The Balaban J connectivity index is 1.57. The van der Waals surface area contributed by atoms with Gasteiger partial charge in [-0.2, -0.15) is 0 Å². The van der Waals surface area contributed by atoms with E-state index in [4.69, 9.17) is 16.3 Å². The molecule has 0 saturated heterocycles. The van der Waals surface area contributed by atoms with Crippen LogP contribution in [0.3, 0.4) is 0 Å².